The fourth-order valence-corrected chi connectivity index (χ4v) is 1.50. The Kier molecular flexibility index (Phi) is 3.57. The number of nitriles is 1. The van der Waals surface area contributed by atoms with Crippen molar-refractivity contribution in [2.45, 2.75) is 6.18 Å². The third kappa shape index (κ3) is 3.03. The molecule has 20 heavy (non-hydrogen) atoms. The molecule has 0 saturated carbocycles. The minimum absolute atomic E-state index is 0.0854. The normalized spacial score (nSPS) is 10.9. The second-order valence-electron chi connectivity index (χ2n) is 3.86. The van der Waals surface area contributed by atoms with Crippen LogP contribution in [0.15, 0.2) is 36.5 Å². The summed E-state index contributed by atoms with van der Waals surface area (Å²) in [5.41, 5.74) is -1.07. The molecule has 0 spiro atoms. The Balaban J connectivity index is 2.35. The monoisotopic (exact) mass is 281 g/mol. The molecule has 0 saturated heterocycles. The van der Waals surface area contributed by atoms with E-state index in [0.717, 1.165) is 6.07 Å². The second-order valence-corrected chi connectivity index (χ2v) is 3.86. The summed E-state index contributed by atoms with van der Waals surface area (Å²) in [6, 6.07) is 6.60. The Labute approximate surface area is 111 Å². The molecule has 0 atom stereocenters. The summed E-state index contributed by atoms with van der Waals surface area (Å²) in [7, 11) is 0. The van der Waals surface area contributed by atoms with Gasteiger partial charge in [0.15, 0.2) is 0 Å². The molecule has 1 N–H and O–H groups in total. The van der Waals surface area contributed by atoms with Gasteiger partial charge in [0.05, 0.1) is 22.9 Å². The van der Waals surface area contributed by atoms with Crippen LogP contribution >= 0.6 is 0 Å². The van der Waals surface area contributed by atoms with Gasteiger partial charge in [-0.25, -0.2) is 9.37 Å². The molecule has 0 aliphatic rings. The number of nitrogens with zero attached hydrogens (tertiary/aromatic N) is 2. The first-order valence-electron chi connectivity index (χ1n) is 5.40. The molecule has 0 radical (unpaired) electrons. The van der Waals surface area contributed by atoms with Crippen molar-refractivity contribution in [3.8, 4) is 6.07 Å². The summed E-state index contributed by atoms with van der Waals surface area (Å²) in [6.07, 6.45) is -3.27. The van der Waals surface area contributed by atoms with E-state index >= 15 is 0 Å². The maximum Gasteiger partial charge on any atom is 0.416 e. The van der Waals surface area contributed by atoms with Crippen LogP contribution in [0.2, 0.25) is 0 Å². The molecule has 1 aromatic carbocycles. The molecule has 7 heteroatoms. The van der Waals surface area contributed by atoms with Crippen LogP contribution in [0, 0.1) is 17.1 Å². The summed E-state index contributed by atoms with van der Waals surface area (Å²) in [5.74, 6) is -0.760. The largest absolute Gasteiger partial charge is 0.416 e. The lowest BCUT2D eigenvalue weighted by molar-refractivity contribution is -0.137. The quantitative estimate of drug-likeness (QED) is 0.850. The second kappa shape index (κ2) is 5.17. The molecule has 1 heterocycles. The van der Waals surface area contributed by atoms with Gasteiger partial charge in [0.25, 0.3) is 0 Å². The van der Waals surface area contributed by atoms with Gasteiger partial charge in [-0.05, 0) is 30.3 Å². The van der Waals surface area contributed by atoms with Gasteiger partial charge < -0.3 is 5.32 Å². The fourth-order valence-electron chi connectivity index (χ4n) is 1.50. The van der Waals surface area contributed by atoms with Crippen LogP contribution in [-0.2, 0) is 6.18 Å². The highest BCUT2D eigenvalue weighted by Crippen LogP contribution is 2.32. The number of rotatable bonds is 2. The zero-order chi connectivity index (χ0) is 14.8. The first-order valence-corrected chi connectivity index (χ1v) is 5.40. The summed E-state index contributed by atoms with van der Waals surface area (Å²) < 4.78 is 51.1. The Hall–Kier alpha value is -2.62. The summed E-state index contributed by atoms with van der Waals surface area (Å²) >= 11 is 0. The number of benzene rings is 1. The van der Waals surface area contributed by atoms with Gasteiger partial charge in [-0.3, -0.25) is 0 Å². The average Bonchev–Trinajstić information content (AvgIpc) is 2.40. The summed E-state index contributed by atoms with van der Waals surface area (Å²) in [5, 5.41) is 11.1. The zero-order valence-electron chi connectivity index (χ0n) is 9.87. The minimum atomic E-state index is -4.56. The van der Waals surface area contributed by atoms with E-state index in [1.165, 1.54) is 18.3 Å². The number of hydrogen-bond donors (Lipinski definition) is 1. The number of alkyl halides is 3. The molecular formula is C13H7F4N3. The fraction of sp³-hybridized carbons (Fsp3) is 0.0769. The van der Waals surface area contributed by atoms with E-state index in [1.807, 2.05) is 6.07 Å². The third-order valence-corrected chi connectivity index (χ3v) is 2.45. The number of pyridine rings is 1. The molecule has 0 bridgehead atoms. The van der Waals surface area contributed by atoms with Crippen molar-refractivity contribution in [3.63, 3.8) is 0 Å². The van der Waals surface area contributed by atoms with Crippen LogP contribution in [0.3, 0.4) is 0 Å². The van der Waals surface area contributed by atoms with Gasteiger partial charge in [0.2, 0.25) is 0 Å². The Morgan fingerprint density at radius 2 is 1.90 bits per heavy atom. The van der Waals surface area contributed by atoms with Crippen LogP contribution in [0.4, 0.5) is 29.1 Å². The maximum absolute atomic E-state index is 13.5. The number of anilines is 2. The Bertz CT molecular complexity index is 674. The van der Waals surface area contributed by atoms with Crippen molar-refractivity contribution in [1.29, 1.82) is 5.26 Å². The number of hydrogen-bond acceptors (Lipinski definition) is 3. The summed E-state index contributed by atoms with van der Waals surface area (Å²) in [4.78, 5) is 3.81. The molecule has 3 nitrogen and oxygen atoms in total. The zero-order valence-corrected chi connectivity index (χ0v) is 9.87. The van der Waals surface area contributed by atoms with E-state index in [2.05, 4.69) is 10.3 Å². The molecule has 0 fully saturated rings. The molecule has 2 rings (SSSR count). The lowest BCUT2D eigenvalue weighted by Gasteiger charge is -2.11. The molecule has 0 amide bonds. The van der Waals surface area contributed by atoms with Crippen molar-refractivity contribution in [3.05, 3.63) is 53.5 Å². The standard InChI is InChI=1S/C13H7F4N3/c14-10-2-1-9(13(15,16)17)6-11(10)20-12-5-8(7-18)3-4-19-12/h1-6H,(H,19,20). The van der Waals surface area contributed by atoms with Gasteiger partial charge in [0, 0.05) is 6.20 Å². The molecule has 0 unspecified atom stereocenters. The summed E-state index contributed by atoms with van der Waals surface area (Å²) in [6.45, 7) is 0. The van der Waals surface area contributed by atoms with Crippen molar-refractivity contribution in [1.82, 2.24) is 4.98 Å². The first kappa shape index (κ1) is 13.8. The highest BCUT2D eigenvalue weighted by atomic mass is 19.4. The molecule has 1 aromatic heterocycles. The van der Waals surface area contributed by atoms with E-state index < -0.39 is 17.6 Å². The van der Waals surface area contributed by atoms with E-state index in [4.69, 9.17) is 5.26 Å². The molecule has 2 aromatic rings. The number of nitrogens with one attached hydrogen (secondary N) is 1. The van der Waals surface area contributed by atoms with Gasteiger partial charge in [-0.1, -0.05) is 0 Å². The number of aromatic nitrogens is 1. The van der Waals surface area contributed by atoms with Gasteiger partial charge in [0.1, 0.15) is 11.6 Å². The Morgan fingerprint density at radius 1 is 1.15 bits per heavy atom. The lowest BCUT2D eigenvalue weighted by atomic mass is 10.2. The van der Waals surface area contributed by atoms with Crippen molar-refractivity contribution in [2.24, 2.45) is 0 Å². The van der Waals surface area contributed by atoms with Crippen molar-refractivity contribution >= 4 is 11.5 Å². The predicted octanol–water partition coefficient (Wildman–Crippen LogP) is 3.85. The topological polar surface area (TPSA) is 48.7 Å². The van der Waals surface area contributed by atoms with Gasteiger partial charge >= 0.3 is 6.18 Å². The van der Waals surface area contributed by atoms with Gasteiger partial charge in [-0.15, -0.1) is 0 Å². The van der Waals surface area contributed by atoms with E-state index in [0.29, 0.717) is 12.1 Å². The maximum atomic E-state index is 13.5. The van der Waals surface area contributed by atoms with Crippen LogP contribution < -0.4 is 5.32 Å². The van der Waals surface area contributed by atoms with E-state index in [1.54, 1.807) is 0 Å². The number of halogens is 4. The van der Waals surface area contributed by atoms with E-state index in [-0.39, 0.29) is 17.1 Å². The predicted molar refractivity (Wildman–Crippen MR) is 63.6 cm³/mol. The lowest BCUT2D eigenvalue weighted by Crippen LogP contribution is -2.06. The molecule has 102 valence electrons. The first-order chi connectivity index (χ1) is 9.40. The van der Waals surface area contributed by atoms with Gasteiger partial charge in [-0.2, -0.15) is 18.4 Å². The third-order valence-electron chi connectivity index (χ3n) is 2.45. The average molecular weight is 281 g/mol. The molecular weight excluding hydrogens is 274 g/mol. The Morgan fingerprint density at radius 3 is 2.55 bits per heavy atom. The minimum Gasteiger partial charge on any atom is -0.338 e. The van der Waals surface area contributed by atoms with Crippen LogP contribution in [0.5, 0.6) is 0 Å². The highest BCUT2D eigenvalue weighted by Gasteiger charge is 2.31. The van der Waals surface area contributed by atoms with Crippen molar-refractivity contribution < 1.29 is 17.6 Å². The smallest absolute Gasteiger partial charge is 0.338 e. The van der Waals surface area contributed by atoms with Crippen molar-refractivity contribution in [2.75, 3.05) is 5.32 Å². The van der Waals surface area contributed by atoms with Crippen LogP contribution in [0.25, 0.3) is 0 Å². The SMILES string of the molecule is N#Cc1ccnc(Nc2cc(C(F)(F)F)ccc2F)c1. The van der Waals surface area contributed by atoms with E-state index in [9.17, 15) is 17.6 Å². The molecule has 0 aliphatic heterocycles. The molecule has 0 aliphatic carbocycles. The van der Waals surface area contributed by atoms with Crippen LogP contribution in [-0.4, -0.2) is 4.98 Å². The van der Waals surface area contributed by atoms with Crippen LogP contribution in [0.1, 0.15) is 11.1 Å². The highest BCUT2D eigenvalue weighted by molar-refractivity contribution is 5.59.